The van der Waals surface area contributed by atoms with Gasteiger partial charge in [0.15, 0.2) is 5.78 Å². The summed E-state index contributed by atoms with van der Waals surface area (Å²) in [6.07, 6.45) is 3.16. The van der Waals surface area contributed by atoms with Gasteiger partial charge in [0.05, 0.1) is 11.6 Å². The monoisotopic (exact) mass is 508 g/mol. The maximum atomic E-state index is 13.9. The fourth-order valence-corrected chi connectivity index (χ4v) is 6.04. The summed E-state index contributed by atoms with van der Waals surface area (Å²) >= 11 is 0. The molecule has 4 nitrogen and oxygen atoms in total. The molecule has 1 aliphatic carbocycles. The fraction of sp³-hybridized carbons (Fsp3) is 0.143. The van der Waals surface area contributed by atoms with Gasteiger partial charge in [-0.25, -0.2) is 0 Å². The summed E-state index contributed by atoms with van der Waals surface area (Å²) in [6.45, 7) is 0.519. The number of nitrogens with zero attached hydrogens (tertiary/aromatic N) is 1. The Labute approximate surface area is 228 Å². The standard InChI is InChI=1S/C35H28N2O2/c38-32-21-26(24-10-5-2-6-11-24)20-29-33-28-12-7-19-36-30(28)17-18-31(33)37-35(34(29)32)25-13-15-27(16-14-25)39-22-23-8-3-1-4-9-23/h1-19,26,35,37H,20-22H2/t26-,35+/m0/s1. The van der Waals surface area contributed by atoms with Gasteiger partial charge < -0.3 is 10.1 Å². The highest BCUT2D eigenvalue weighted by atomic mass is 16.5. The van der Waals surface area contributed by atoms with Crippen molar-refractivity contribution in [3.63, 3.8) is 0 Å². The Kier molecular flexibility index (Phi) is 5.93. The Morgan fingerprint density at radius 3 is 2.33 bits per heavy atom. The molecule has 4 aromatic carbocycles. The lowest BCUT2D eigenvalue weighted by molar-refractivity contribution is -0.116. The van der Waals surface area contributed by atoms with E-state index in [1.165, 1.54) is 5.56 Å². The number of ether oxygens (including phenoxy) is 1. The van der Waals surface area contributed by atoms with E-state index in [2.05, 4.69) is 77.0 Å². The Bertz CT molecular complexity index is 1690. The highest BCUT2D eigenvalue weighted by Crippen LogP contribution is 2.50. The van der Waals surface area contributed by atoms with Crippen molar-refractivity contribution in [2.45, 2.75) is 31.4 Å². The van der Waals surface area contributed by atoms with Crippen LogP contribution in [0.2, 0.25) is 0 Å². The molecule has 190 valence electrons. The number of Topliss-reactive ketones (excluding diaryl/α,β-unsaturated/α-hetero) is 1. The molecule has 0 amide bonds. The number of rotatable bonds is 5. The van der Waals surface area contributed by atoms with Gasteiger partial charge in [0, 0.05) is 34.8 Å². The molecule has 1 N–H and O–H groups in total. The van der Waals surface area contributed by atoms with E-state index in [0.29, 0.717) is 13.0 Å². The van der Waals surface area contributed by atoms with E-state index < -0.39 is 0 Å². The molecule has 4 heteroatoms. The third-order valence-electron chi connectivity index (χ3n) is 7.92. The van der Waals surface area contributed by atoms with Gasteiger partial charge in [-0.2, -0.15) is 0 Å². The van der Waals surface area contributed by atoms with Crippen molar-refractivity contribution in [2.75, 3.05) is 5.32 Å². The van der Waals surface area contributed by atoms with E-state index in [1.807, 2.05) is 48.7 Å². The van der Waals surface area contributed by atoms with Gasteiger partial charge in [0.25, 0.3) is 0 Å². The van der Waals surface area contributed by atoms with Crippen LogP contribution >= 0.6 is 0 Å². The molecule has 2 heterocycles. The first-order chi connectivity index (χ1) is 19.2. The number of benzene rings is 4. The summed E-state index contributed by atoms with van der Waals surface area (Å²) in [6, 6.07) is 36.8. The lowest BCUT2D eigenvalue weighted by Crippen LogP contribution is -2.29. The second-order valence-corrected chi connectivity index (χ2v) is 10.3. The van der Waals surface area contributed by atoms with Crippen LogP contribution in [0.25, 0.3) is 16.5 Å². The molecule has 1 aromatic heterocycles. The average molecular weight is 509 g/mol. The van der Waals surface area contributed by atoms with Crippen molar-refractivity contribution in [3.05, 3.63) is 143 Å². The Hall–Kier alpha value is -4.70. The third kappa shape index (κ3) is 4.38. The summed E-state index contributed by atoms with van der Waals surface area (Å²) in [5, 5.41) is 4.80. The number of aromatic nitrogens is 1. The van der Waals surface area contributed by atoms with Gasteiger partial charge >= 0.3 is 0 Å². The first kappa shape index (κ1) is 23.4. The second-order valence-electron chi connectivity index (χ2n) is 10.3. The van der Waals surface area contributed by atoms with E-state index in [1.54, 1.807) is 0 Å². The van der Waals surface area contributed by atoms with Gasteiger partial charge in [-0.1, -0.05) is 78.9 Å². The molecule has 0 bridgehead atoms. The van der Waals surface area contributed by atoms with Gasteiger partial charge in [-0.3, -0.25) is 9.78 Å². The van der Waals surface area contributed by atoms with Gasteiger partial charge in [-0.15, -0.1) is 0 Å². The van der Waals surface area contributed by atoms with Crippen LogP contribution in [0.5, 0.6) is 5.75 Å². The summed E-state index contributed by atoms with van der Waals surface area (Å²) < 4.78 is 6.02. The highest BCUT2D eigenvalue weighted by molar-refractivity contribution is 6.12. The quantitative estimate of drug-likeness (QED) is 0.262. The number of fused-ring (bicyclic) bond motifs is 4. The lowest BCUT2D eigenvalue weighted by Gasteiger charge is -2.37. The minimum absolute atomic E-state index is 0.157. The summed E-state index contributed by atoms with van der Waals surface area (Å²) in [4.78, 5) is 18.5. The molecule has 0 unspecified atom stereocenters. The number of hydrogen-bond acceptors (Lipinski definition) is 4. The summed E-state index contributed by atoms with van der Waals surface area (Å²) in [5.74, 6) is 1.17. The van der Waals surface area contributed by atoms with Crippen LogP contribution in [-0.2, 0) is 11.4 Å². The van der Waals surface area contributed by atoms with Crippen LogP contribution in [0, 0.1) is 0 Å². The molecule has 0 spiro atoms. The van der Waals surface area contributed by atoms with Crippen LogP contribution in [-0.4, -0.2) is 10.8 Å². The van der Waals surface area contributed by atoms with Gasteiger partial charge in [0.2, 0.25) is 0 Å². The van der Waals surface area contributed by atoms with Crippen LogP contribution in [0.1, 0.15) is 47.1 Å². The Balaban J connectivity index is 1.28. The SMILES string of the molecule is O=C1C[C@@H](c2ccccc2)CC2=C1[C@@H](c1ccc(OCc3ccccc3)cc1)Nc1ccc3ncccc3c12. The molecule has 39 heavy (non-hydrogen) atoms. The van der Waals surface area contributed by atoms with E-state index >= 15 is 0 Å². The van der Waals surface area contributed by atoms with Gasteiger partial charge in [-0.05, 0) is 64.9 Å². The topological polar surface area (TPSA) is 51.2 Å². The Morgan fingerprint density at radius 1 is 0.769 bits per heavy atom. The first-order valence-corrected chi connectivity index (χ1v) is 13.5. The van der Waals surface area contributed by atoms with E-state index in [4.69, 9.17) is 4.74 Å². The maximum absolute atomic E-state index is 13.9. The number of anilines is 1. The molecule has 0 fully saturated rings. The number of allylic oxidation sites excluding steroid dienone is 1. The molecule has 7 rings (SSSR count). The zero-order chi connectivity index (χ0) is 26.2. The first-order valence-electron chi connectivity index (χ1n) is 13.5. The van der Waals surface area contributed by atoms with Crippen molar-refractivity contribution in [1.82, 2.24) is 4.98 Å². The molecule has 1 aliphatic heterocycles. The Morgan fingerprint density at radius 2 is 1.54 bits per heavy atom. The minimum atomic E-state index is -0.214. The maximum Gasteiger partial charge on any atom is 0.162 e. The fourth-order valence-electron chi connectivity index (χ4n) is 6.04. The smallest absolute Gasteiger partial charge is 0.162 e. The molecule has 0 saturated heterocycles. The van der Waals surface area contributed by atoms with Crippen LogP contribution in [0.4, 0.5) is 5.69 Å². The zero-order valence-corrected chi connectivity index (χ0v) is 21.5. The normalized spacial score (nSPS) is 18.3. The number of nitrogens with one attached hydrogen (secondary N) is 1. The predicted molar refractivity (Wildman–Crippen MR) is 156 cm³/mol. The third-order valence-corrected chi connectivity index (χ3v) is 7.92. The molecule has 0 radical (unpaired) electrons. The van der Waals surface area contributed by atoms with E-state index in [9.17, 15) is 4.79 Å². The number of pyridine rings is 1. The van der Waals surface area contributed by atoms with Crippen molar-refractivity contribution < 1.29 is 9.53 Å². The highest BCUT2D eigenvalue weighted by Gasteiger charge is 2.38. The average Bonchev–Trinajstić information content (AvgIpc) is 3.00. The number of carbonyl (C=O) groups is 1. The van der Waals surface area contributed by atoms with Crippen LogP contribution < -0.4 is 10.1 Å². The number of hydrogen-bond donors (Lipinski definition) is 1. The van der Waals surface area contributed by atoms with Crippen molar-refractivity contribution in [1.29, 1.82) is 0 Å². The molecule has 2 aliphatic rings. The van der Waals surface area contributed by atoms with E-state index in [0.717, 1.165) is 56.6 Å². The lowest BCUT2D eigenvalue weighted by atomic mass is 9.72. The predicted octanol–water partition coefficient (Wildman–Crippen LogP) is 7.88. The molecule has 0 saturated carbocycles. The summed E-state index contributed by atoms with van der Waals surface area (Å²) in [7, 11) is 0. The number of ketones is 1. The van der Waals surface area contributed by atoms with Crippen molar-refractivity contribution in [2.24, 2.45) is 0 Å². The minimum Gasteiger partial charge on any atom is -0.489 e. The summed E-state index contributed by atoms with van der Waals surface area (Å²) in [5.41, 5.74) is 8.52. The molecular weight excluding hydrogens is 480 g/mol. The molecular formula is C35H28N2O2. The van der Waals surface area contributed by atoms with Crippen LogP contribution in [0.3, 0.4) is 0 Å². The number of carbonyl (C=O) groups excluding carboxylic acids is 1. The van der Waals surface area contributed by atoms with Crippen molar-refractivity contribution in [3.8, 4) is 5.75 Å². The molecule has 2 atom stereocenters. The van der Waals surface area contributed by atoms with Gasteiger partial charge in [0.1, 0.15) is 12.4 Å². The zero-order valence-electron chi connectivity index (χ0n) is 21.5. The van der Waals surface area contributed by atoms with Crippen LogP contribution in [0.15, 0.2) is 121 Å². The largest absolute Gasteiger partial charge is 0.489 e. The second kappa shape index (κ2) is 9.88. The molecule has 5 aromatic rings. The van der Waals surface area contributed by atoms with E-state index in [-0.39, 0.29) is 17.7 Å². The van der Waals surface area contributed by atoms with Crippen molar-refractivity contribution >= 4 is 27.9 Å².